The van der Waals surface area contributed by atoms with Gasteiger partial charge in [0.25, 0.3) is 17.7 Å². The molecule has 0 radical (unpaired) electrons. The van der Waals surface area contributed by atoms with Gasteiger partial charge in [-0.3, -0.25) is 19.3 Å². The maximum Gasteiger partial charge on any atom is 0.329 e. The average Bonchev–Trinajstić information content (AvgIpc) is 2.95. The molecule has 1 aromatic rings. The van der Waals surface area contributed by atoms with Crippen LogP contribution >= 0.6 is 0 Å². The van der Waals surface area contributed by atoms with Crippen LogP contribution in [0.2, 0.25) is 0 Å². The van der Waals surface area contributed by atoms with Gasteiger partial charge in [0.15, 0.2) is 6.61 Å². The summed E-state index contributed by atoms with van der Waals surface area (Å²) in [7, 11) is 0. The zero-order valence-electron chi connectivity index (χ0n) is 18.1. The van der Waals surface area contributed by atoms with Crippen molar-refractivity contribution in [1.29, 1.82) is 0 Å². The van der Waals surface area contributed by atoms with E-state index in [0.29, 0.717) is 0 Å². The zero-order chi connectivity index (χ0) is 22.0. The second-order valence-corrected chi connectivity index (χ2v) is 8.71. The number of likely N-dealkylation sites (tertiary alicyclic amines) is 1. The molecule has 3 atom stereocenters. The van der Waals surface area contributed by atoms with Crippen molar-refractivity contribution in [2.24, 2.45) is 5.92 Å². The lowest BCUT2D eigenvalue weighted by Gasteiger charge is -2.39. The van der Waals surface area contributed by atoms with E-state index < -0.39 is 23.8 Å². The second kappa shape index (κ2) is 8.98. The maximum atomic E-state index is 12.9. The van der Waals surface area contributed by atoms with Gasteiger partial charge in [0.2, 0.25) is 0 Å². The van der Waals surface area contributed by atoms with Crippen molar-refractivity contribution in [1.82, 2.24) is 9.80 Å². The molecule has 2 heterocycles. The number of esters is 1. The lowest BCUT2D eigenvalue weighted by molar-refractivity contribution is -0.158. The lowest BCUT2D eigenvalue weighted by atomic mass is 9.97. The Morgan fingerprint density at radius 3 is 2.07 bits per heavy atom. The summed E-state index contributed by atoms with van der Waals surface area (Å²) in [6, 6.07) is 5.67. The first-order valence-corrected chi connectivity index (χ1v) is 10.7. The van der Waals surface area contributed by atoms with Crippen LogP contribution in [0, 0.1) is 5.92 Å². The van der Waals surface area contributed by atoms with Crippen molar-refractivity contribution in [3.63, 3.8) is 0 Å². The van der Waals surface area contributed by atoms with Gasteiger partial charge in [-0.15, -0.1) is 0 Å². The minimum atomic E-state index is -1.05. The van der Waals surface area contributed by atoms with Crippen LogP contribution in [0.1, 0.15) is 74.1 Å². The van der Waals surface area contributed by atoms with Crippen molar-refractivity contribution in [3.8, 4) is 0 Å². The Morgan fingerprint density at radius 2 is 1.57 bits per heavy atom. The summed E-state index contributed by atoms with van der Waals surface area (Å²) in [5.41, 5.74) is 0.576. The van der Waals surface area contributed by atoms with Gasteiger partial charge in [0.1, 0.15) is 6.04 Å². The number of carbonyl (C=O) groups excluding carboxylic acids is 4. The van der Waals surface area contributed by atoms with Crippen molar-refractivity contribution >= 4 is 23.7 Å². The van der Waals surface area contributed by atoms with Gasteiger partial charge in [0, 0.05) is 12.1 Å². The number of rotatable bonds is 6. The Balaban J connectivity index is 1.73. The quantitative estimate of drug-likeness (QED) is 0.528. The van der Waals surface area contributed by atoms with Gasteiger partial charge in [-0.2, -0.15) is 0 Å². The van der Waals surface area contributed by atoms with E-state index in [2.05, 4.69) is 0 Å². The number of nitrogens with zero attached hydrogens (tertiary/aromatic N) is 2. The van der Waals surface area contributed by atoms with Crippen LogP contribution in [-0.4, -0.2) is 58.2 Å². The van der Waals surface area contributed by atoms with Crippen LogP contribution in [0.15, 0.2) is 24.3 Å². The molecule has 2 aliphatic heterocycles. The molecule has 0 spiro atoms. The lowest BCUT2D eigenvalue weighted by Crippen LogP contribution is -2.50. The summed E-state index contributed by atoms with van der Waals surface area (Å²) >= 11 is 0. The summed E-state index contributed by atoms with van der Waals surface area (Å²) in [4.78, 5) is 54.0. The first kappa shape index (κ1) is 22.0. The summed E-state index contributed by atoms with van der Waals surface area (Å²) in [5.74, 6) is -1.91. The number of hydrogen-bond acceptors (Lipinski definition) is 5. The largest absolute Gasteiger partial charge is 0.454 e. The van der Waals surface area contributed by atoms with Crippen LogP contribution in [0.3, 0.4) is 0 Å². The van der Waals surface area contributed by atoms with E-state index in [1.807, 2.05) is 27.7 Å². The summed E-state index contributed by atoms with van der Waals surface area (Å²) in [5, 5.41) is 0. The summed E-state index contributed by atoms with van der Waals surface area (Å²) in [6.07, 6.45) is 3.20. The van der Waals surface area contributed by atoms with E-state index in [1.54, 1.807) is 29.2 Å². The number of benzene rings is 1. The van der Waals surface area contributed by atoms with Crippen molar-refractivity contribution < 1.29 is 23.9 Å². The standard InChI is InChI=1S/C23H30N2O5/c1-14(2)12-19(25-21(27)17-10-5-6-11-18(17)22(25)28)23(29)30-13-20(26)24-15(3)8-7-9-16(24)4/h5-6,10-11,14-16,19H,7-9,12-13H2,1-4H3/t15-,16+,19-/m1/s1. The van der Waals surface area contributed by atoms with Crippen LogP contribution in [0.25, 0.3) is 0 Å². The molecule has 0 N–H and O–H groups in total. The third-order valence-corrected chi connectivity index (χ3v) is 5.92. The highest BCUT2D eigenvalue weighted by Gasteiger charge is 2.43. The molecule has 30 heavy (non-hydrogen) atoms. The molecule has 0 aliphatic carbocycles. The molecule has 3 rings (SSSR count). The van der Waals surface area contributed by atoms with Crippen molar-refractivity contribution in [2.45, 2.75) is 71.5 Å². The van der Waals surface area contributed by atoms with Gasteiger partial charge in [-0.05, 0) is 57.6 Å². The summed E-state index contributed by atoms with van der Waals surface area (Å²) in [6.45, 7) is 7.41. The highest BCUT2D eigenvalue weighted by atomic mass is 16.5. The molecule has 0 saturated carbocycles. The number of piperidine rings is 1. The molecule has 1 aromatic carbocycles. The Labute approximate surface area is 177 Å². The number of carbonyl (C=O) groups is 4. The molecular weight excluding hydrogens is 384 g/mol. The smallest absolute Gasteiger partial charge is 0.329 e. The van der Waals surface area contributed by atoms with E-state index in [9.17, 15) is 19.2 Å². The molecule has 7 nitrogen and oxygen atoms in total. The van der Waals surface area contributed by atoms with Crippen molar-refractivity contribution in [2.75, 3.05) is 6.61 Å². The second-order valence-electron chi connectivity index (χ2n) is 8.71. The molecule has 1 saturated heterocycles. The molecule has 3 amide bonds. The van der Waals surface area contributed by atoms with Crippen LogP contribution < -0.4 is 0 Å². The van der Waals surface area contributed by atoms with E-state index >= 15 is 0 Å². The normalized spacial score (nSPS) is 22.3. The fraction of sp³-hybridized carbons (Fsp3) is 0.565. The molecule has 0 unspecified atom stereocenters. The van der Waals surface area contributed by atoms with Gasteiger partial charge < -0.3 is 9.64 Å². The fourth-order valence-corrected chi connectivity index (χ4v) is 4.46. The van der Waals surface area contributed by atoms with Crippen molar-refractivity contribution in [3.05, 3.63) is 35.4 Å². The monoisotopic (exact) mass is 414 g/mol. The van der Waals surface area contributed by atoms with E-state index in [0.717, 1.165) is 24.2 Å². The van der Waals surface area contributed by atoms with Gasteiger partial charge in [-0.25, -0.2) is 4.79 Å². The Kier molecular flexibility index (Phi) is 6.58. The van der Waals surface area contributed by atoms with E-state index in [1.165, 1.54) is 0 Å². The van der Waals surface area contributed by atoms with Gasteiger partial charge in [-0.1, -0.05) is 26.0 Å². The van der Waals surface area contributed by atoms with E-state index in [4.69, 9.17) is 4.74 Å². The van der Waals surface area contributed by atoms with Crippen LogP contribution in [0.4, 0.5) is 0 Å². The first-order valence-electron chi connectivity index (χ1n) is 10.7. The Morgan fingerprint density at radius 1 is 1.03 bits per heavy atom. The molecule has 2 aliphatic rings. The molecule has 0 bridgehead atoms. The number of hydrogen-bond donors (Lipinski definition) is 0. The minimum absolute atomic E-state index is 0.0460. The van der Waals surface area contributed by atoms with Gasteiger partial charge >= 0.3 is 5.97 Å². The number of amides is 3. The third-order valence-electron chi connectivity index (χ3n) is 5.92. The molecule has 162 valence electrons. The SMILES string of the molecule is CC(C)C[C@H](C(=O)OCC(=O)N1[C@H](C)CCC[C@@H]1C)N1C(=O)c2ccccc2C1=O. The topological polar surface area (TPSA) is 84.0 Å². The summed E-state index contributed by atoms with van der Waals surface area (Å²) < 4.78 is 5.35. The molecule has 1 fully saturated rings. The first-order chi connectivity index (χ1) is 14.2. The molecule has 0 aromatic heterocycles. The third kappa shape index (κ3) is 4.25. The number of fused-ring (bicyclic) bond motifs is 1. The fourth-order valence-electron chi connectivity index (χ4n) is 4.46. The maximum absolute atomic E-state index is 12.9. The highest BCUT2D eigenvalue weighted by Crippen LogP contribution is 2.28. The zero-order valence-corrected chi connectivity index (χ0v) is 18.1. The van der Waals surface area contributed by atoms with Gasteiger partial charge in [0.05, 0.1) is 11.1 Å². The predicted octanol–water partition coefficient (Wildman–Crippen LogP) is 3.03. The predicted molar refractivity (Wildman–Crippen MR) is 111 cm³/mol. The number of imide groups is 1. The average molecular weight is 415 g/mol. The minimum Gasteiger partial charge on any atom is -0.454 e. The van der Waals surface area contributed by atoms with E-state index in [-0.39, 0.29) is 48.1 Å². The Hall–Kier alpha value is -2.70. The highest BCUT2D eigenvalue weighted by molar-refractivity contribution is 6.22. The number of ether oxygens (including phenoxy) is 1. The molecule has 7 heteroatoms. The van der Waals surface area contributed by atoms with Crippen LogP contribution in [-0.2, 0) is 14.3 Å². The Bertz CT molecular complexity index is 805. The molecular formula is C23H30N2O5. The van der Waals surface area contributed by atoms with Crippen LogP contribution in [0.5, 0.6) is 0 Å².